The number of anilines is 3. The van der Waals surface area contributed by atoms with Crippen molar-refractivity contribution in [1.82, 2.24) is 0 Å². The van der Waals surface area contributed by atoms with Crippen LogP contribution in [0.5, 0.6) is 0 Å². The molecule has 6 nitrogen and oxygen atoms in total. The lowest BCUT2D eigenvalue weighted by molar-refractivity contribution is -0.117. The third-order valence-corrected chi connectivity index (χ3v) is 6.33. The molecule has 1 N–H and O–H groups in total. The van der Waals surface area contributed by atoms with E-state index in [1.165, 1.54) is 5.56 Å². The van der Waals surface area contributed by atoms with Crippen LogP contribution in [0.2, 0.25) is 5.02 Å². The van der Waals surface area contributed by atoms with Gasteiger partial charge in [-0.3, -0.25) is 14.4 Å². The van der Waals surface area contributed by atoms with Gasteiger partial charge in [-0.25, -0.2) is 0 Å². The van der Waals surface area contributed by atoms with E-state index in [-0.39, 0.29) is 17.7 Å². The number of fused-ring (bicyclic) bond motifs is 1. The molecule has 5 rings (SSSR count). The Balaban J connectivity index is 1.33. The summed E-state index contributed by atoms with van der Waals surface area (Å²) in [5.74, 6) is -0.419. The van der Waals surface area contributed by atoms with Gasteiger partial charge in [0.1, 0.15) is 0 Å². The molecule has 0 aromatic heterocycles. The second-order valence-electron chi connectivity index (χ2n) is 8.18. The number of carbonyl (C=O) groups excluding carboxylic acids is 3. The molecule has 0 radical (unpaired) electrons. The molecular weight excluding hydrogens is 438 g/mol. The fourth-order valence-corrected chi connectivity index (χ4v) is 4.59. The zero-order valence-corrected chi connectivity index (χ0v) is 18.6. The summed E-state index contributed by atoms with van der Waals surface area (Å²) in [5, 5.41) is 3.33. The van der Waals surface area contributed by atoms with Crippen molar-refractivity contribution in [2.75, 3.05) is 28.2 Å². The van der Waals surface area contributed by atoms with Crippen molar-refractivity contribution >= 4 is 46.4 Å². The molecule has 0 unspecified atom stereocenters. The van der Waals surface area contributed by atoms with Crippen molar-refractivity contribution in [3.8, 4) is 0 Å². The summed E-state index contributed by atoms with van der Waals surface area (Å²) in [4.78, 5) is 41.6. The molecule has 2 aliphatic heterocycles. The van der Waals surface area contributed by atoms with Crippen LogP contribution in [0.4, 0.5) is 17.1 Å². The van der Waals surface area contributed by atoms with Crippen LogP contribution in [0.25, 0.3) is 0 Å². The molecule has 1 fully saturated rings. The highest BCUT2D eigenvalue weighted by Crippen LogP contribution is 2.31. The molecule has 1 saturated heterocycles. The van der Waals surface area contributed by atoms with E-state index in [9.17, 15) is 14.4 Å². The predicted molar refractivity (Wildman–Crippen MR) is 129 cm³/mol. The van der Waals surface area contributed by atoms with Crippen molar-refractivity contribution in [2.45, 2.75) is 19.3 Å². The first kappa shape index (κ1) is 21.2. The minimum Gasteiger partial charge on any atom is -0.322 e. The lowest BCUT2D eigenvalue weighted by Gasteiger charge is -2.20. The fraction of sp³-hybridized carbons (Fsp3) is 0.192. The molecule has 0 aliphatic carbocycles. The number of halogens is 1. The molecule has 3 aromatic carbocycles. The van der Waals surface area contributed by atoms with E-state index in [1.54, 1.807) is 52.3 Å². The maximum atomic E-state index is 13.0. The Morgan fingerprint density at radius 3 is 2.42 bits per heavy atom. The third-order valence-electron chi connectivity index (χ3n) is 6.09. The summed E-state index contributed by atoms with van der Waals surface area (Å²) in [6, 6.07) is 19.7. The molecule has 0 atom stereocenters. The largest absolute Gasteiger partial charge is 0.322 e. The summed E-state index contributed by atoms with van der Waals surface area (Å²) >= 11 is 6.13. The number of nitrogens with zero attached hydrogens (tertiary/aromatic N) is 2. The van der Waals surface area contributed by atoms with Crippen LogP contribution in [0.15, 0.2) is 66.7 Å². The molecule has 166 valence electrons. The third kappa shape index (κ3) is 4.10. The van der Waals surface area contributed by atoms with E-state index in [0.29, 0.717) is 47.0 Å². The minimum absolute atomic E-state index is 0.0160. The predicted octanol–water partition coefficient (Wildman–Crippen LogP) is 4.92. The highest BCUT2D eigenvalue weighted by Gasteiger charge is 2.27. The number of hydrogen-bond donors (Lipinski definition) is 1. The van der Waals surface area contributed by atoms with Crippen molar-refractivity contribution in [1.29, 1.82) is 0 Å². The second-order valence-corrected chi connectivity index (χ2v) is 8.61. The van der Waals surface area contributed by atoms with Crippen LogP contribution in [0, 0.1) is 0 Å². The Labute approximate surface area is 196 Å². The van der Waals surface area contributed by atoms with Gasteiger partial charge in [0.25, 0.3) is 11.8 Å². The fourth-order valence-electron chi connectivity index (χ4n) is 4.42. The number of carbonyl (C=O) groups is 3. The van der Waals surface area contributed by atoms with E-state index in [0.717, 1.165) is 18.5 Å². The van der Waals surface area contributed by atoms with E-state index in [1.807, 2.05) is 24.3 Å². The van der Waals surface area contributed by atoms with Crippen LogP contribution in [0.1, 0.15) is 39.1 Å². The zero-order chi connectivity index (χ0) is 22.9. The van der Waals surface area contributed by atoms with Gasteiger partial charge in [-0.15, -0.1) is 0 Å². The van der Waals surface area contributed by atoms with Crippen LogP contribution in [-0.2, 0) is 11.2 Å². The van der Waals surface area contributed by atoms with Crippen LogP contribution < -0.4 is 15.1 Å². The van der Waals surface area contributed by atoms with Gasteiger partial charge >= 0.3 is 0 Å². The summed E-state index contributed by atoms with van der Waals surface area (Å²) in [5.41, 5.74) is 4.13. The van der Waals surface area contributed by atoms with Gasteiger partial charge in [0, 0.05) is 41.5 Å². The SMILES string of the molecule is O=C(Nc1ccc(C(=O)N2CCc3ccccc32)cc1)c1ccc(Cl)cc1N1CCCC1=O. The Bertz CT molecular complexity index is 1260. The molecule has 0 bridgehead atoms. The Morgan fingerprint density at radius 1 is 0.879 bits per heavy atom. The monoisotopic (exact) mass is 459 g/mol. The normalized spacial score (nSPS) is 15.0. The summed E-state index contributed by atoms with van der Waals surface area (Å²) in [6.07, 6.45) is 2.06. The first-order chi connectivity index (χ1) is 16.0. The standard InChI is InChI=1S/C26H22ClN3O3/c27-19-9-12-21(23(16-19)29-14-3-6-24(29)31)25(32)28-20-10-7-18(8-11-20)26(33)30-15-13-17-4-1-2-5-22(17)30/h1-2,4-5,7-12,16H,3,6,13-15H2,(H,28,32). The van der Waals surface area contributed by atoms with Gasteiger partial charge in [0.2, 0.25) is 5.91 Å². The van der Waals surface area contributed by atoms with E-state index in [2.05, 4.69) is 5.32 Å². The van der Waals surface area contributed by atoms with Crippen LogP contribution in [-0.4, -0.2) is 30.8 Å². The zero-order valence-electron chi connectivity index (χ0n) is 17.9. The first-order valence-corrected chi connectivity index (χ1v) is 11.3. The molecular formula is C26H22ClN3O3. The molecule has 33 heavy (non-hydrogen) atoms. The number of rotatable bonds is 4. The lowest BCUT2D eigenvalue weighted by Crippen LogP contribution is -2.28. The van der Waals surface area contributed by atoms with E-state index >= 15 is 0 Å². The first-order valence-electron chi connectivity index (χ1n) is 10.9. The van der Waals surface area contributed by atoms with Crippen molar-refractivity contribution in [3.05, 3.63) is 88.4 Å². The number of amides is 3. The summed E-state index contributed by atoms with van der Waals surface area (Å²) < 4.78 is 0. The molecule has 2 aliphatic rings. The summed E-state index contributed by atoms with van der Waals surface area (Å²) in [6.45, 7) is 1.22. The maximum Gasteiger partial charge on any atom is 0.258 e. The Morgan fingerprint density at radius 2 is 1.67 bits per heavy atom. The average molecular weight is 460 g/mol. The van der Waals surface area contributed by atoms with Gasteiger partial charge < -0.3 is 15.1 Å². The molecule has 3 amide bonds. The van der Waals surface area contributed by atoms with Gasteiger partial charge in [0.05, 0.1) is 11.3 Å². The topological polar surface area (TPSA) is 69.7 Å². The average Bonchev–Trinajstić information content (AvgIpc) is 3.45. The lowest BCUT2D eigenvalue weighted by atomic mass is 10.1. The highest BCUT2D eigenvalue weighted by atomic mass is 35.5. The van der Waals surface area contributed by atoms with Gasteiger partial charge in [0.15, 0.2) is 0 Å². The number of para-hydroxylation sites is 1. The number of hydrogen-bond acceptors (Lipinski definition) is 3. The van der Waals surface area contributed by atoms with E-state index < -0.39 is 0 Å². The molecule has 0 saturated carbocycles. The van der Waals surface area contributed by atoms with Crippen LogP contribution in [0.3, 0.4) is 0 Å². The molecule has 7 heteroatoms. The summed E-state index contributed by atoms with van der Waals surface area (Å²) in [7, 11) is 0. The number of benzene rings is 3. The smallest absolute Gasteiger partial charge is 0.258 e. The Hall–Kier alpha value is -3.64. The maximum absolute atomic E-state index is 13.0. The minimum atomic E-state index is -0.339. The highest BCUT2D eigenvalue weighted by molar-refractivity contribution is 6.31. The van der Waals surface area contributed by atoms with Gasteiger partial charge in [-0.05, 0) is 66.9 Å². The van der Waals surface area contributed by atoms with Crippen LogP contribution >= 0.6 is 11.6 Å². The van der Waals surface area contributed by atoms with Crippen molar-refractivity contribution in [3.63, 3.8) is 0 Å². The van der Waals surface area contributed by atoms with Crippen molar-refractivity contribution in [2.24, 2.45) is 0 Å². The molecule has 2 heterocycles. The molecule has 3 aromatic rings. The number of nitrogens with one attached hydrogen (secondary N) is 1. The van der Waals surface area contributed by atoms with Crippen molar-refractivity contribution < 1.29 is 14.4 Å². The van der Waals surface area contributed by atoms with E-state index in [4.69, 9.17) is 11.6 Å². The van der Waals surface area contributed by atoms with Gasteiger partial charge in [-0.2, -0.15) is 0 Å². The van der Waals surface area contributed by atoms with Gasteiger partial charge in [-0.1, -0.05) is 29.8 Å². The molecule has 0 spiro atoms. The Kier molecular flexibility index (Phi) is 5.60. The second kappa shape index (κ2) is 8.71. The quantitative estimate of drug-likeness (QED) is 0.602.